The van der Waals surface area contributed by atoms with Crippen LogP contribution in [0.4, 0.5) is 0 Å². The monoisotopic (exact) mass is 379 g/mol. The van der Waals surface area contributed by atoms with E-state index in [-0.39, 0.29) is 6.61 Å². The van der Waals surface area contributed by atoms with Crippen molar-refractivity contribution in [2.45, 2.75) is 13.0 Å². The zero-order chi connectivity index (χ0) is 19.4. The Balaban J connectivity index is 2.46. The fourth-order valence-electron chi connectivity index (χ4n) is 2.59. The largest absolute Gasteiger partial charge is 0.493 e. The van der Waals surface area contributed by atoms with Crippen LogP contribution in [0, 0.1) is 0 Å². The summed E-state index contributed by atoms with van der Waals surface area (Å²) in [5, 5.41) is 3.61. The van der Waals surface area contributed by atoms with E-state index in [1.165, 1.54) is 14.2 Å². The van der Waals surface area contributed by atoms with Gasteiger partial charge in [-0.3, -0.25) is 4.79 Å². The summed E-state index contributed by atoms with van der Waals surface area (Å²) in [6.45, 7) is 1.53. The highest BCUT2D eigenvalue weighted by Crippen LogP contribution is 2.35. The highest BCUT2D eigenvalue weighted by molar-refractivity contribution is 7.80. The van der Waals surface area contributed by atoms with E-state index in [0.29, 0.717) is 27.9 Å². The second-order valence-electron chi connectivity index (χ2n) is 5.60. The van der Waals surface area contributed by atoms with E-state index in [4.69, 9.17) is 32.2 Å². The highest BCUT2D eigenvalue weighted by atomic mass is 32.1. The number of carbonyl (C=O) groups excluding carboxylic acids is 2. The minimum absolute atomic E-state index is 0.265. The topological polar surface area (TPSA) is 103 Å². The van der Waals surface area contributed by atoms with E-state index in [1.54, 1.807) is 37.1 Å². The molecular formula is C17H21N3O5S. The average molecular weight is 379 g/mol. The van der Waals surface area contributed by atoms with Gasteiger partial charge in [0.05, 0.1) is 25.8 Å². The van der Waals surface area contributed by atoms with Crippen LogP contribution in [0.3, 0.4) is 0 Å². The van der Waals surface area contributed by atoms with Crippen LogP contribution < -0.4 is 20.5 Å². The smallest absolute Gasteiger partial charge is 0.337 e. The molecule has 0 aromatic heterocycles. The SMILES string of the molecule is COC(=O)C1=C(C)N(C)C(=S)NC1c1ccc(OCC(N)=O)c(OC)c1. The molecule has 0 spiro atoms. The second-order valence-corrected chi connectivity index (χ2v) is 5.98. The predicted octanol–water partition coefficient (Wildman–Crippen LogP) is 0.867. The first kappa shape index (κ1) is 19.5. The van der Waals surface area contributed by atoms with Crippen LogP contribution in [0.25, 0.3) is 0 Å². The standard InChI is InChI=1S/C17H21N3O5S/c1-9-14(16(22)24-4)15(19-17(26)20(9)2)10-5-6-11(12(7-10)23-3)25-8-13(18)21/h5-7,15H,8H2,1-4H3,(H2,18,21)(H,19,26). The number of amides is 1. The first-order valence-electron chi connectivity index (χ1n) is 7.72. The minimum Gasteiger partial charge on any atom is -0.493 e. The van der Waals surface area contributed by atoms with Gasteiger partial charge in [0.25, 0.3) is 5.91 Å². The molecule has 1 aliphatic heterocycles. The zero-order valence-electron chi connectivity index (χ0n) is 15.0. The van der Waals surface area contributed by atoms with Crippen LogP contribution in [0.15, 0.2) is 29.5 Å². The number of nitrogens with two attached hydrogens (primary N) is 1. The molecule has 140 valence electrons. The molecule has 8 nitrogen and oxygen atoms in total. The van der Waals surface area contributed by atoms with E-state index in [0.717, 1.165) is 5.56 Å². The maximum absolute atomic E-state index is 12.3. The molecule has 1 aromatic carbocycles. The minimum atomic E-state index is -0.593. The summed E-state index contributed by atoms with van der Waals surface area (Å²) in [5.41, 5.74) is 6.96. The number of nitrogens with one attached hydrogen (secondary N) is 1. The number of benzene rings is 1. The van der Waals surface area contributed by atoms with Gasteiger partial charge in [-0.1, -0.05) is 6.07 Å². The third kappa shape index (κ3) is 3.88. The Morgan fingerprint density at radius 1 is 1.31 bits per heavy atom. The first-order valence-corrected chi connectivity index (χ1v) is 8.13. The highest BCUT2D eigenvalue weighted by Gasteiger charge is 2.33. The maximum atomic E-state index is 12.3. The number of thiocarbonyl (C=S) groups is 1. The van der Waals surface area contributed by atoms with Crippen LogP contribution in [-0.2, 0) is 14.3 Å². The molecule has 3 N–H and O–H groups in total. The van der Waals surface area contributed by atoms with Crippen LogP contribution in [0.5, 0.6) is 11.5 Å². The molecule has 0 radical (unpaired) electrons. The van der Waals surface area contributed by atoms with Crippen molar-refractivity contribution < 1.29 is 23.8 Å². The molecule has 1 aliphatic rings. The summed E-state index contributed by atoms with van der Waals surface area (Å²) in [4.78, 5) is 24.9. The van der Waals surface area contributed by atoms with Crippen molar-refractivity contribution in [3.63, 3.8) is 0 Å². The number of nitrogens with zero attached hydrogens (tertiary/aromatic N) is 1. The number of allylic oxidation sites excluding steroid dienone is 1. The third-order valence-corrected chi connectivity index (χ3v) is 4.44. The predicted molar refractivity (Wildman–Crippen MR) is 98.6 cm³/mol. The molecule has 1 unspecified atom stereocenters. The van der Waals surface area contributed by atoms with E-state index < -0.39 is 17.9 Å². The van der Waals surface area contributed by atoms with Gasteiger partial charge in [0.15, 0.2) is 23.2 Å². The van der Waals surface area contributed by atoms with Crippen molar-refractivity contribution in [2.75, 3.05) is 27.9 Å². The Kier molecular flexibility index (Phi) is 6.04. The molecule has 2 rings (SSSR count). The number of primary amides is 1. The molecule has 1 amide bonds. The summed E-state index contributed by atoms with van der Waals surface area (Å²) in [6.07, 6.45) is 0. The molecule has 0 fully saturated rings. The molecule has 0 saturated carbocycles. The number of ether oxygens (including phenoxy) is 3. The van der Waals surface area contributed by atoms with Crippen molar-refractivity contribution in [3.8, 4) is 11.5 Å². The van der Waals surface area contributed by atoms with Gasteiger partial charge in [0.2, 0.25) is 0 Å². The molecule has 1 heterocycles. The van der Waals surface area contributed by atoms with E-state index in [1.807, 2.05) is 0 Å². The Bertz CT molecular complexity index is 778. The Morgan fingerprint density at radius 3 is 2.58 bits per heavy atom. The fourth-order valence-corrected chi connectivity index (χ4v) is 2.85. The normalized spacial score (nSPS) is 16.8. The molecule has 9 heteroatoms. The van der Waals surface area contributed by atoms with Crippen LogP contribution >= 0.6 is 12.2 Å². The molecule has 0 aliphatic carbocycles. The zero-order valence-corrected chi connectivity index (χ0v) is 15.8. The van der Waals surface area contributed by atoms with Crippen molar-refractivity contribution in [1.29, 1.82) is 0 Å². The second kappa shape index (κ2) is 8.05. The van der Waals surface area contributed by atoms with E-state index in [9.17, 15) is 9.59 Å². The van der Waals surface area contributed by atoms with Crippen LogP contribution in [-0.4, -0.2) is 49.8 Å². The van der Waals surface area contributed by atoms with Gasteiger partial charge in [0.1, 0.15) is 0 Å². The number of rotatable bonds is 6. The van der Waals surface area contributed by atoms with Crippen LogP contribution in [0.2, 0.25) is 0 Å². The van der Waals surface area contributed by atoms with Gasteiger partial charge in [0, 0.05) is 12.7 Å². The number of carbonyl (C=O) groups is 2. The van der Waals surface area contributed by atoms with E-state index >= 15 is 0 Å². The summed E-state index contributed by atoms with van der Waals surface area (Å²) in [6, 6.07) is 4.59. The number of hydrogen-bond donors (Lipinski definition) is 2. The van der Waals surface area contributed by atoms with Crippen molar-refractivity contribution in [3.05, 3.63) is 35.0 Å². The molecule has 0 bridgehead atoms. The van der Waals surface area contributed by atoms with Gasteiger partial charge in [-0.15, -0.1) is 0 Å². The van der Waals surface area contributed by atoms with Gasteiger partial charge < -0.3 is 30.2 Å². The maximum Gasteiger partial charge on any atom is 0.337 e. The number of esters is 1. The molecule has 26 heavy (non-hydrogen) atoms. The fraction of sp³-hybridized carbons (Fsp3) is 0.353. The summed E-state index contributed by atoms with van der Waals surface area (Å²) < 4.78 is 15.6. The lowest BCUT2D eigenvalue weighted by Crippen LogP contribution is -2.46. The van der Waals surface area contributed by atoms with Crippen molar-refractivity contribution >= 4 is 29.2 Å². The van der Waals surface area contributed by atoms with Crippen molar-refractivity contribution in [2.24, 2.45) is 5.73 Å². The van der Waals surface area contributed by atoms with Crippen LogP contribution in [0.1, 0.15) is 18.5 Å². The summed E-state index contributed by atoms with van der Waals surface area (Å²) >= 11 is 5.34. The van der Waals surface area contributed by atoms with E-state index in [2.05, 4.69) is 5.32 Å². The molecule has 1 atom stereocenters. The van der Waals surface area contributed by atoms with Gasteiger partial charge in [-0.05, 0) is 36.8 Å². The lowest BCUT2D eigenvalue weighted by molar-refractivity contribution is -0.136. The quantitative estimate of drug-likeness (QED) is 0.554. The van der Waals surface area contributed by atoms with Gasteiger partial charge in [-0.25, -0.2) is 4.79 Å². The van der Waals surface area contributed by atoms with Gasteiger partial charge >= 0.3 is 5.97 Å². The Hall–Kier alpha value is -2.81. The molecular weight excluding hydrogens is 358 g/mol. The Morgan fingerprint density at radius 2 is 2.00 bits per heavy atom. The number of methoxy groups -OCH3 is 2. The average Bonchev–Trinajstić information content (AvgIpc) is 2.63. The lowest BCUT2D eigenvalue weighted by Gasteiger charge is -2.35. The third-order valence-electron chi connectivity index (χ3n) is 4.05. The molecule has 0 saturated heterocycles. The van der Waals surface area contributed by atoms with Gasteiger partial charge in [-0.2, -0.15) is 0 Å². The number of hydrogen-bond acceptors (Lipinski definition) is 6. The first-order chi connectivity index (χ1) is 12.3. The molecule has 1 aromatic rings. The summed E-state index contributed by atoms with van der Waals surface area (Å²) in [5.74, 6) is -0.282. The van der Waals surface area contributed by atoms with Crippen molar-refractivity contribution in [1.82, 2.24) is 10.2 Å². The lowest BCUT2D eigenvalue weighted by atomic mass is 9.95. The Labute approximate surface area is 156 Å². The summed E-state index contributed by atoms with van der Waals surface area (Å²) in [7, 11) is 4.57.